The lowest BCUT2D eigenvalue weighted by molar-refractivity contribution is -0.384. The number of nitro groups is 1. The van der Waals surface area contributed by atoms with Crippen LogP contribution in [0.25, 0.3) is 0 Å². The number of anilines is 1. The van der Waals surface area contributed by atoms with Crippen LogP contribution >= 0.6 is 0 Å². The predicted octanol–water partition coefficient (Wildman–Crippen LogP) is 2.21. The Morgan fingerprint density at radius 3 is 2.40 bits per heavy atom. The molecular weight excluding hydrogens is 396 g/mol. The molecule has 0 saturated carbocycles. The zero-order valence-corrected chi connectivity index (χ0v) is 15.9. The number of benzene rings is 2. The van der Waals surface area contributed by atoms with Crippen molar-refractivity contribution in [2.75, 3.05) is 19.1 Å². The molecule has 11 nitrogen and oxygen atoms in total. The van der Waals surface area contributed by atoms with Gasteiger partial charge in [0.1, 0.15) is 17.2 Å². The van der Waals surface area contributed by atoms with E-state index in [2.05, 4.69) is 10.3 Å². The van der Waals surface area contributed by atoms with Gasteiger partial charge in [-0.2, -0.15) is 0 Å². The van der Waals surface area contributed by atoms with Gasteiger partial charge in [0.05, 0.1) is 24.8 Å². The number of carbonyl (C=O) groups is 3. The quantitative estimate of drug-likeness (QED) is 0.332. The highest BCUT2D eigenvalue weighted by Crippen LogP contribution is 2.31. The standard InChI is InChI=1S/C19H16N4O7/c1-29-13-6-3-11(4-7-13)22-18(25)14(17(24)21-19(22)26)10-20-15-9-12(23(27)28)5-8-16(15)30-2/h3-10,14H,1-2H3,(H,21,24,26). The van der Waals surface area contributed by atoms with Gasteiger partial charge in [-0.3, -0.25) is 30.0 Å². The van der Waals surface area contributed by atoms with Gasteiger partial charge in [-0.1, -0.05) is 0 Å². The first-order chi connectivity index (χ1) is 14.3. The fourth-order valence-corrected chi connectivity index (χ4v) is 2.75. The lowest BCUT2D eigenvalue weighted by Crippen LogP contribution is -2.58. The van der Waals surface area contributed by atoms with Crippen molar-refractivity contribution in [2.24, 2.45) is 10.9 Å². The third-order valence-corrected chi connectivity index (χ3v) is 4.27. The maximum atomic E-state index is 12.8. The molecule has 154 valence electrons. The molecule has 0 spiro atoms. The highest BCUT2D eigenvalue weighted by atomic mass is 16.6. The summed E-state index contributed by atoms with van der Waals surface area (Å²) in [5, 5.41) is 13.1. The Kier molecular flexibility index (Phi) is 5.72. The van der Waals surface area contributed by atoms with E-state index in [1.165, 1.54) is 38.5 Å². The lowest BCUT2D eigenvalue weighted by Gasteiger charge is -2.28. The molecule has 30 heavy (non-hydrogen) atoms. The van der Waals surface area contributed by atoms with Crippen molar-refractivity contribution < 1.29 is 28.8 Å². The van der Waals surface area contributed by atoms with Crippen LogP contribution < -0.4 is 19.7 Å². The molecule has 1 heterocycles. The first-order valence-electron chi connectivity index (χ1n) is 8.55. The number of methoxy groups -OCH3 is 2. The monoisotopic (exact) mass is 412 g/mol. The normalized spacial score (nSPS) is 16.5. The zero-order valence-electron chi connectivity index (χ0n) is 15.9. The number of urea groups is 1. The van der Waals surface area contributed by atoms with Crippen LogP contribution in [0.15, 0.2) is 47.5 Å². The SMILES string of the molecule is COc1ccc(N2C(=O)NC(=O)C(C=Nc3cc([N+](=O)[O-])ccc3OC)C2=O)cc1. The summed E-state index contributed by atoms with van der Waals surface area (Å²) in [5.74, 6) is -2.36. The molecule has 1 fully saturated rings. The lowest BCUT2D eigenvalue weighted by atomic mass is 10.1. The van der Waals surface area contributed by atoms with E-state index in [-0.39, 0.29) is 22.8 Å². The van der Waals surface area contributed by atoms with Gasteiger partial charge in [0.2, 0.25) is 5.91 Å². The van der Waals surface area contributed by atoms with E-state index in [4.69, 9.17) is 9.47 Å². The number of rotatable bonds is 6. The second-order valence-electron chi connectivity index (χ2n) is 6.04. The third kappa shape index (κ3) is 3.94. The summed E-state index contributed by atoms with van der Waals surface area (Å²) in [4.78, 5) is 52.5. The largest absolute Gasteiger partial charge is 0.497 e. The van der Waals surface area contributed by atoms with Gasteiger partial charge in [0.15, 0.2) is 5.92 Å². The molecule has 1 N–H and O–H groups in total. The molecule has 4 amide bonds. The minimum absolute atomic E-state index is 0.0557. The Morgan fingerprint density at radius 1 is 1.10 bits per heavy atom. The molecule has 1 saturated heterocycles. The van der Waals surface area contributed by atoms with Crippen molar-refractivity contribution in [1.29, 1.82) is 0 Å². The van der Waals surface area contributed by atoms with E-state index in [1.807, 2.05) is 0 Å². The summed E-state index contributed by atoms with van der Waals surface area (Å²) in [7, 11) is 2.82. The van der Waals surface area contributed by atoms with Gasteiger partial charge in [-0.25, -0.2) is 9.69 Å². The Morgan fingerprint density at radius 2 is 1.80 bits per heavy atom. The average molecular weight is 412 g/mol. The summed E-state index contributed by atoms with van der Waals surface area (Å²) < 4.78 is 10.1. The number of carbonyl (C=O) groups excluding carboxylic acids is 3. The molecule has 1 aliphatic rings. The first-order valence-corrected chi connectivity index (χ1v) is 8.55. The number of amides is 4. The molecule has 0 radical (unpaired) electrons. The van der Waals surface area contributed by atoms with Crippen LogP contribution in [0, 0.1) is 16.0 Å². The smallest absolute Gasteiger partial charge is 0.335 e. The Bertz CT molecular complexity index is 1050. The number of ether oxygens (including phenoxy) is 2. The van der Waals surface area contributed by atoms with E-state index in [1.54, 1.807) is 12.1 Å². The van der Waals surface area contributed by atoms with Crippen molar-refractivity contribution >= 4 is 41.1 Å². The van der Waals surface area contributed by atoms with Gasteiger partial charge in [-0.15, -0.1) is 0 Å². The number of imide groups is 2. The summed E-state index contributed by atoms with van der Waals surface area (Å²) >= 11 is 0. The third-order valence-electron chi connectivity index (χ3n) is 4.27. The number of hydrogen-bond acceptors (Lipinski definition) is 8. The van der Waals surface area contributed by atoms with Crippen LogP contribution in [0.3, 0.4) is 0 Å². The van der Waals surface area contributed by atoms with Crippen LogP contribution in [-0.2, 0) is 9.59 Å². The van der Waals surface area contributed by atoms with Crippen LogP contribution in [0.5, 0.6) is 11.5 Å². The zero-order chi connectivity index (χ0) is 21.8. The molecule has 1 atom stereocenters. The van der Waals surface area contributed by atoms with E-state index in [0.29, 0.717) is 5.75 Å². The Hall–Kier alpha value is -4.28. The van der Waals surface area contributed by atoms with Crippen molar-refractivity contribution in [3.05, 3.63) is 52.6 Å². The van der Waals surface area contributed by atoms with Gasteiger partial charge >= 0.3 is 6.03 Å². The van der Waals surface area contributed by atoms with Crippen LogP contribution in [0.1, 0.15) is 0 Å². The van der Waals surface area contributed by atoms with Crippen molar-refractivity contribution in [2.45, 2.75) is 0 Å². The summed E-state index contributed by atoms with van der Waals surface area (Å²) in [6.07, 6.45) is 1.02. The average Bonchev–Trinajstić information content (AvgIpc) is 2.73. The van der Waals surface area contributed by atoms with Crippen molar-refractivity contribution in [1.82, 2.24) is 5.32 Å². The van der Waals surface area contributed by atoms with Crippen molar-refractivity contribution in [3.8, 4) is 11.5 Å². The highest BCUT2D eigenvalue weighted by Gasteiger charge is 2.40. The molecule has 0 bridgehead atoms. The molecular formula is C19H16N4O7. The Balaban J connectivity index is 1.92. The molecule has 11 heteroatoms. The number of aliphatic imine (C=N–C) groups is 1. The minimum Gasteiger partial charge on any atom is -0.497 e. The molecule has 0 aromatic heterocycles. The molecule has 0 aliphatic carbocycles. The van der Waals surface area contributed by atoms with Crippen LogP contribution in [-0.4, -0.2) is 43.2 Å². The summed E-state index contributed by atoms with van der Waals surface area (Å²) in [6.45, 7) is 0. The number of nitrogens with zero attached hydrogens (tertiary/aromatic N) is 3. The number of barbiturate groups is 1. The topological polar surface area (TPSA) is 140 Å². The summed E-state index contributed by atoms with van der Waals surface area (Å²) in [5.41, 5.74) is 0.0507. The van der Waals surface area contributed by atoms with Gasteiger partial charge < -0.3 is 9.47 Å². The maximum Gasteiger partial charge on any atom is 0.335 e. The van der Waals surface area contributed by atoms with E-state index in [9.17, 15) is 24.5 Å². The Labute approximate surface area is 170 Å². The molecule has 1 aliphatic heterocycles. The minimum atomic E-state index is -1.42. The molecule has 2 aromatic rings. The highest BCUT2D eigenvalue weighted by molar-refractivity contribution is 6.32. The fraction of sp³-hybridized carbons (Fsp3) is 0.158. The van der Waals surface area contributed by atoms with E-state index in [0.717, 1.165) is 17.2 Å². The van der Waals surface area contributed by atoms with Gasteiger partial charge in [-0.05, 0) is 30.3 Å². The van der Waals surface area contributed by atoms with Crippen molar-refractivity contribution in [3.63, 3.8) is 0 Å². The first kappa shape index (κ1) is 20.5. The predicted molar refractivity (Wildman–Crippen MR) is 105 cm³/mol. The van der Waals surface area contributed by atoms with E-state index >= 15 is 0 Å². The van der Waals surface area contributed by atoms with Gasteiger partial charge in [0.25, 0.3) is 11.6 Å². The van der Waals surface area contributed by atoms with Gasteiger partial charge in [0, 0.05) is 18.3 Å². The molecule has 3 rings (SSSR count). The number of hydrogen-bond donors (Lipinski definition) is 1. The van der Waals surface area contributed by atoms with Crippen LogP contribution in [0.2, 0.25) is 0 Å². The molecule has 2 aromatic carbocycles. The van der Waals surface area contributed by atoms with Crippen LogP contribution in [0.4, 0.5) is 21.9 Å². The summed E-state index contributed by atoms with van der Waals surface area (Å²) in [6, 6.07) is 8.93. The fourth-order valence-electron chi connectivity index (χ4n) is 2.75. The number of nitro benzene ring substituents is 1. The second kappa shape index (κ2) is 8.39. The number of non-ortho nitro benzene ring substituents is 1. The number of nitrogens with one attached hydrogen (secondary N) is 1. The molecule has 1 unspecified atom stereocenters. The maximum absolute atomic E-state index is 12.8. The van der Waals surface area contributed by atoms with E-state index < -0.39 is 28.7 Å². The second-order valence-corrected chi connectivity index (χ2v) is 6.04.